The van der Waals surface area contributed by atoms with Crippen molar-refractivity contribution < 1.29 is 23.5 Å². The van der Waals surface area contributed by atoms with Crippen molar-refractivity contribution in [2.45, 2.75) is 19.3 Å². The molecule has 2 N–H and O–H groups in total. The van der Waals surface area contributed by atoms with Crippen molar-refractivity contribution in [3.63, 3.8) is 0 Å². The van der Waals surface area contributed by atoms with E-state index in [-0.39, 0.29) is 29.5 Å². The van der Waals surface area contributed by atoms with Crippen LogP contribution in [0.15, 0.2) is 18.2 Å². The number of nitrogens with zero attached hydrogens (tertiary/aromatic N) is 1. The molecule has 0 bridgehead atoms. The van der Waals surface area contributed by atoms with Gasteiger partial charge in [-0.1, -0.05) is 17.7 Å². The SMILES string of the molecule is NC(=O)[C@@H]1CCCN(C(=O)COC(=O)Cc2c(F)cccc2Cl)C1. The van der Waals surface area contributed by atoms with Crippen LogP contribution >= 0.6 is 11.6 Å². The van der Waals surface area contributed by atoms with E-state index in [0.717, 1.165) is 0 Å². The Morgan fingerprint density at radius 3 is 2.79 bits per heavy atom. The lowest BCUT2D eigenvalue weighted by molar-refractivity contribution is -0.152. The number of piperidine rings is 1. The summed E-state index contributed by atoms with van der Waals surface area (Å²) >= 11 is 5.84. The van der Waals surface area contributed by atoms with Crippen LogP contribution in [0, 0.1) is 11.7 Å². The number of hydrogen-bond donors (Lipinski definition) is 1. The van der Waals surface area contributed by atoms with Gasteiger partial charge in [0.15, 0.2) is 6.61 Å². The maximum atomic E-state index is 13.6. The highest BCUT2D eigenvalue weighted by Gasteiger charge is 2.27. The molecule has 0 spiro atoms. The molecule has 130 valence electrons. The van der Waals surface area contributed by atoms with Crippen molar-refractivity contribution in [1.29, 1.82) is 0 Å². The van der Waals surface area contributed by atoms with Crippen LogP contribution in [0.25, 0.3) is 0 Å². The van der Waals surface area contributed by atoms with E-state index in [1.54, 1.807) is 0 Å². The Labute approximate surface area is 143 Å². The monoisotopic (exact) mass is 356 g/mol. The Hall–Kier alpha value is -2.15. The number of halogens is 2. The van der Waals surface area contributed by atoms with Crippen LogP contribution in [0.2, 0.25) is 5.02 Å². The minimum Gasteiger partial charge on any atom is -0.455 e. The van der Waals surface area contributed by atoms with Gasteiger partial charge in [0.25, 0.3) is 5.91 Å². The lowest BCUT2D eigenvalue weighted by atomic mass is 9.97. The average Bonchev–Trinajstić information content (AvgIpc) is 2.56. The molecular formula is C16H18ClFN2O4. The van der Waals surface area contributed by atoms with Gasteiger partial charge in [-0.15, -0.1) is 0 Å². The van der Waals surface area contributed by atoms with Crippen LogP contribution in [0.4, 0.5) is 4.39 Å². The summed E-state index contributed by atoms with van der Waals surface area (Å²) in [6, 6.07) is 4.09. The lowest BCUT2D eigenvalue weighted by Gasteiger charge is -2.31. The van der Waals surface area contributed by atoms with Crippen LogP contribution < -0.4 is 5.73 Å². The van der Waals surface area contributed by atoms with Crippen LogP contribution in [0.3, 0.4) is 0 Å². The molecule has 24 heavy (non-hydrogen) atoms. The Kier molecular flexibility index (Phi) is 6.14. The Balaban J connectivity index is 1.85. The van der Waals surface area contributed by atoms with E-state index in [2.05, 4.69) is 0 Å². The van der Waals surface area contributed by atoms with Gasteiger partial charge in [0.2, 0.25) is 5.91 Å². The van der Waals surface area contributed by atoms with Gasteiger partial charge in [0.05, 0.1) is 12.3 Å². The van der Waals surface area contributed by atoms with E-state index in [0.29, 0.717) is 19.4 Å². The highest BCUT2D eigenvalue weighted by Crippen LogP contribution is 2.20. The van der Waals surface area contributed by atoms with E-state index in [9.17, 15) is 18.8 Å². The quantitative estimate of drug-likeness (QED) is 0.805. The molecule has 1 aliphatic rings. The number of rotatable bonds is 5. The first-order valence-electron chi connectivity index (χ1n) is 7.54. The molecule has 1 atom stereocenters. The van der Waals surface area contributed by atoms with Crippen molar-refractivity contribution in [1.82, 2.24) is 4.90 Å². The number of hydrogen-bond acceptors (Lipinski definition) is 4. The molecule has 2 amide bonds. The number of esters is 1. The second-order valence-electron chi connectivity index (χ2n) is 5.62. The number of nitrogens with two attached hydrogens (primary N) is 1. The third-order valence-electron chi connectivity index (χ3n) is 3.92. The molecular weight excluding hydrogens is 339 g/mol. The first kappa shape index (κ1) is 18.2. The smallest absolute Gasteiger partial charge is 0.310 e. The van der Waals surface area contributed by atoms with E-state index < -0.39 is 30.2 Å². The molecule has 1 heterocycles. The predicted molar refractivity (Wildman–Crippen MR) is 84.6 cm³/mol. The van der Waals surface area contributed by atoms with Crippen molar-refractivity contribution in [3.05, 3.63) is 34.6 Å². The maximum absolute atomic E-state index is 13.6. The van der Waals surface area contributed by atoms with Crippen molar-refractivity contribution >= 4 is 29.4 Å². The molecule has 0 saturated carbocycles. The van der Waals surface area contributed by atoms with Gasteiger partial charge in [0.1, 0.15) is 5.82 Å². The van der Waals surface area contributed by atoms with Gasteiger partial charge in [0, 0.05) is 23.7 Å². The first-order valence-corrected chi connectivity index (χ1v) is 7.92. The Morgan fingerprint density at radius 1 is 1.38 bits per heavy atom. The summed E-state index contributed by atoms with van der Waals surface area (Å²) in [4.78, 5) is 36.5. The summed E-state index contributed by atoms with van der Waals surface area (Å²) in [5, 5.41) is 0.124. The molecule has 0 aliphatic carbocycles. The van der Waals surface area contributed by atoms with Gasteiger partial charge < -0.3 is 15.4 Å². The van der Waals surface area contributed by atoms with Crippen molar-refractivity contribution in [3.8, 4) is 0 Å². The summed E-state index contributed by atoms with van der Waals surface area (Å²) in [5.41, 5.74) is 5.29. The van der Waals surface area contributed by atoms with E-state index >= 15 is 0 Å². The fourth-order valence-corrected chi connectivity index (χ4v) is 2.80. The third-order valence-corrected chi connectivity index (χ3v) is 4.27. The molecule has 0 radical (unpaired) electrons. The second kappa shape index (κ2) is 8.10. The molecule has 8 heteroatoms. The fraction of sp³-hybridized carbons (Fsp3) is 0.438. The van der Waals surface area contributed by atoms with E-state index in [4.69, 9.17) is 22.1 Å². The normalized spacial score (nSPS) is 17.4. The summed E-state index contributed by atoms with van der Waals surface area (Å²) in [6.07, 6.45) is 0.950. The maximum Gasteiger partial charge on any atom is 0.310 e. The average molecular weight is 357 g/mol. The van der Waals surface area contributed by atoms with Crippen molar-refractivity contribution in [2.75, 3.05) is 19.7 Å². The molecule has 1 saturated heterocycles. The predicted octanol–water partition coefficient (Wildman–Crippen LogP) is 1.29. The molecule has 1 fully saturated rings. The first-order chi connectivity index (χ1) is 11.4. The zero-order valence-electron chi connectivity index (χ0n) is 13.0. The molecule has 1 aromatic rings. The molecule has 0 unspecified atom stereocenters. The minimum absolute atomic E-state index is 0.0309. The van der Waals surface area contributed by atoms with Gasteiger partial charge in [-0.05, 0) is 25.0 Å². The Morgan fingerprint density at radius 2 is 2.12 bits per heavy atom. The van der Waals surface area contributed by atoms with E-state index in [1.165, 1.54) is 23.1 Å². The highest BCUT2D eigenvalue weighted by molar-refractivity contribution is 6.31. The van der Waals surface area contributed by atoms with Crippen LogP contribution in [0.1, 0.15) is 18.4 Å². The Bertz CT molecular complexity index is 633. The summed E-state index contributed by atoms with van der Waals surface area (Å²) in [5.74, 6) is -2.59. The number of amides is 2. The second-order valence-corrected chi connectivity index (χ2v) is 6.03. The molecule has 1 aliphatic heterocycles. The van der Waals surface area contributed by atoms with Crippen LogP contribution in [-0.2, 0) is 25.5 Å². The van der Waals surface area contributed by atoms with E-state index in [1.807, 2.05) is 0 Å². The molecule has 6 nitrogen and oxygen atoms in total. The largest absolute Gasteiger partial charge is 0.455 e. The highest BCUT2D eigenvalue weighted by atomic mass is 35.5. The topological polar surface area (TPSA) is 89.7 Å². The number of primary amides is 1. The standard InChI is InChI=1S/C16H18ClFN2O4/c17-12-4-1-5-13(18)11(12)7-15(22)24-9-14(21)20-6-2-3-10(8-20)16(19)23/h1,4-5,10H,2-3,6-9H2,(H2,19,23)/t10-/m1/s1. The zero-order valence-corrected chi connectivity index (χ0v) is 13.7. The summed E-state index contributed by atoms with van der Waals surface area (Å²) in [7, 11) is 0. The summed E-state index contributed by atoms with van der Waals surface area (Å²) < 4.78 is 18.5. The van der Waals surface area contributed by atoms with Gasteiger partial charge in [-0.2, -0.15) is 0 Å². The van der Waals surface area contributed by atoms with Gasteiger partial charge >= 0.3 is 5.97 Å². The van der Waals surface area contributed by atoms with Crippen molar-refractivity contribution in [2.24, 2.45) is 11.7 Å². The number of likely N-dealkylation sites (tertiary alicyclic amines) is 1. The van der Waals surface area contributed by atoms with Gasteiger partial charge in [-0.3, -0.25) is 14.4 Å². The number of ether oxygens (including phenoxy) is 1. The molecule has 0 aromatic heterocycles. The van der Waals surface area contributed by atoms with Crippen LogP contribution in [-0.4, -0.2) is 42.4 Å². The third kappa shape index (κ3) is 4.67. The van der Waals surface area contributed by atoms with Gasteiger partial charge in [-0.25, -0.2) is 4.39 Å². The number of carbonyl (C=O) groups excluding carboxylic acids is 3. The fourth-order valence-electron chi connectivity index (χ4n) is 2.57. The molecule has 2 rings (SSSR count). The lowest BCUT2D eigenvalue weighted by Crippen LogP contribution is -2.45. The zero-order chi connectivity index (χ0) is 17.7. The minimum atomic E-state index is -0.751. The molecule has 1 aromatic carbocycles. The number of carbonyl (C=O) groups is 3. The number of benzene rings is 1. The summed E-state index contributed by atoms with van der Waals surface area (Å²) in [6.45, 7) is 0.251. The van der Waals surface area contributed by atoms with Crippen LogP contribution in [0.5, 0.6) is 0 Å².